The van der Waals surface area contributed by atoms with Crippen LogP contribution in [0.15, 0.2) is 33.9 Å². The van der Waals surface area contributed by atoms with Gasteiger partial charge < -0.3 is 24.8 Å². The van der Waals surface area contributed by atoms with Crippen molar-refractivity contribution in [3.05, 3.63) is 39.5 Å². The van der Waals surface area contributed by atoms with Crippen LogP contribution in [0.25, 0.3) is 0 Å². The summed E-state index contributed by atoms with van der Waals surface area (Å²) in [5, 5.41) is 6.54. The van der Waals surface area contributed by atoms with Crippen molar-refractivity contribution in [1.82, 2.24) is 10.6 Å². The zero-order chi connectivity index (χ0) is 17.7. The summed E-state index contributed by atoms with van der Waals surface area (Å²) in [6.07, 6.45) is 0. The molecule has 1 aliphatic rings. The van der Waals surface area contributed by atoms with Gasteiger partial charge in [-0.05, 0) is 52.8 Å². The SMILES string of the molecule is COCCOC(=O)C1=C(C)NC(=S)N[C@@H]1c1ccc(OC)c(Br)c1. The van der Waals surface area contributed by atoms with E-state index in [0.717, 1.165) is 10.0 Å². The number of hydrogen-bond acceptors (Lipinski definition) is 5. The number of esters is 1. The molecule has 0 fully saturated rings. The van der Waals surface area contributed by atoms with Crippen molar-refractivity contribution in [2.45, 2.75) is 13.0 Å². The molecule has 0 spiro atoms. The predicted molar refractivity (Wildman–Crippen MR) is 97.8 cm³/mol. The first-order valence-electron chi connectivity index (χ1n) is 7.25. The van der Waals surface area contributed by atoms with Gasteiger partial charge in [-0.2, -0.15) is 0 Å². The lowest BCUT2D eigenvalue weighted by molar-refractivity contribution is -0.140. The Kier molecular flexibility index (Phi) is 6.59. The van der Waals surface area contributed by atoms with Crippen LogP contribution < -0.4 is 15.4 Å². The lowest BCUT2D eigenvalue weighted by Gasteiger charge is -2.30. The van der Waals surface area contributed by atoms with E-state index >= 15 is 0 Å². The number of methoxy groups -OCH3 is 2. The van der Waals surface area contributed by atoms with E-state index in [0.29, 0.717) is 28.7 Å². The fourth-order valence-corrected chi connectivity index (χ4v) is 3.20. The average Bonchev–Trinajstić information content (AvgIpc) is 2.54. The largest absolute Gasteiger partial charge is 0.496 e. The van der Waals surface area contributed by atoms with Crippen molar-refractivity contribution in [3.63, 3.8) is 0 Å². The maximum atomic E-state index is 12.5. The Morgan fingerprint density at radius 1 is 1.33 bits per heavy atom. The minimum absolute atomic E-state index is 0.190. The Hall–Kier alpha value is -1.64. The van der Waals surface area contributed by atoms with Crippen LogP contribution in [-0.4, -0.2) is 38.5 Å². The average molecular weight is 415 g/mol. The minimum Gasteiger partial charge on any atom is -0.496 e. The summed E-state index contributed by atoms with van der Waals surface area (Å²) >= 11 is 8.68. The Bertz CT molecular complexity index is 678. The van der Waals surface area contributed by atoms with Crippen molar-refractivity contribution in [2.75, 3.05) is 27.4 Å². The number of thiocarbonyl (C=S) groups is 1. The number of allylic oxidation sites excluding steroid dienone is 1. The molecule has 1 aromatic carbocycles. The fourth-order valence-electron chi connectivity index (χ4n) is 2.37. The molecule has 0 aromatic heterocycles. The van der Waals surface area contributed by atoms with E-state index in [1.54, 1.807) is 21.1 Å². The first kappa shape index (κ1) is 18.7. The lowest BCUT2D eigenvalue weighted by Crippen LogP contribution is -2.45. The number of nitrogens with one attached hydrogen (secondary N) is 2. The summed E-state index contributed by atoms with van der Waals surface area (Å²) in [4.78, 5) is 12.5. The second-order valence-electron chi connectivity index (χ2n) is 5.09. The molecule has 1 aromatic rings. The van der Waals surface area contributed by atoms with Crippen LogP contribution in [0.3, 0.4) is 0 Å². The number of rotatable bonds is 6. The number of carbonyl (C=O) groups excluding carboxylic acids is 1. The summed E-state index contributed by atoms with van der Waals surface area (Å²) in [6, 6.07) is 5.19. The molecule has 1 aliphatic heterocycles. The zero-order valence-corrected chi connectivity index (χ0v) is 16.0. The molecule has 24 heavy (non-hydrogen) atoms. The zero-order valence-electron chi connectivity index (χ0n) is 13.6. The molecule has 1 atom stereocenters. The topological polar surface area (TPSA) is 68.8 Å². The Morgan fingerprint density at radius 2 is 2.08 bits per heavy atom. The number of halogens is 1. The van der Waals surface area contributed by atoms with Gasteiger partial charge in [0.15, 0.2) is 5.11 Å². The van der Waals surface area contributed by atoms with Crippen LogP contribution >= 0.6 is 28.1 Å². The first-order chi connectivity index (χ1) is 11.5. The number of carbonyl (C=O) groups is 1. The molecule has 0 amide bonds. The van der Waals surface area contributed by atoms with E-state index in [9.17, 15) is 4.79 Å². The Morgan fingerprint density at radius 3 is 2.71 bits per heavy atom. The molecular weight excluding hydrogens is 396 g/mol. The smallest absolute Gasteiger partial charge is 0.338 e. The standard InChI is InChI=1S/C16H19BrN2O4S/c1-9-13(15(20)23-7-6-21-2)14(19-16(24)18-9)10-4-5-12(22-3)11(17)8-10/h4-5,8,14H,6-7H2,1-3H3,(H2,18,19,24)/t14-/m1/s1. The molecule has 0 unspecified atom stereocenters. The number of benzene rings is 1. The predicted octanol–water partition coefficient (Wildman–Crippen LogP) is 2.44. The van der Waals surface area contributed by atoms with Crippen LogP contribution in [0.2, 0.25) is 0 Å². The molecular formula is C16H19BrN2O4S. The van der Waals surface area contributed by atoms with Gasteiger partial charge in [0.05, 0.1) is 29.8 Å². The third-order valence-electron chi connectivity index (χ3n) is 3.52. The second-order valence-corrected chi connectivity index (χ2v) is 6.36. The van der Waals surface area contributed by atoms with Gasteiger partial charge in [-0.3, -0.25) is 0 Å². The van der Waals surface area contributed by atoms with Gasteiger partial charge in [0, 0.05) is 12.8 Å². The van der Waals surface area contributed by atoms with Crippen LogP contribution in [0, 0.1) is 0 Å². The van der Waals surface area contributed by atoms with Gasteiger partial charge in [-0.1, -0.05) is 6.07 Å². The van der Waals surface area contributed by atoms with Crippen molar-refractivity contribution in [1.29, 1.82) is 0 Å². The Labute approximate surface area is 154 Å². The van der Waals surface area contributed by atoms with E-state index in [4.69, 9.17) is 26.4 Å². The minimum atomic E-state index is -0.413. The van der Waals surface area contributed by atoms with E-state index in [1.165, 1.54) is 0 Å². The summed E-state index contributed by atoms with van der Waals surface area (Å²) in [5.41, 5.74) is 2.01. The first-order valence-corrected chi connectivity index (χ1v) is 8.45. The summed E-state index contributed by atoms with van der Waals surface area (Å²) in [6.45, 7) is 2.33. The summed E-state index contributed by atoms with van der Waals surface area (Å²) in [5.74, 6) is 0.296. The Balaban J connectivity index is 2.34. The van der Waals surface area contributed by atoms with Crippen molar-refractivity contribution < 1.29 is 19.0 Å². The van der Waals surface area contributed by atoms with Crippen molar-refractivity contribution in [2.24, 2.45) is 0 Å². The highest BCUT2D eigenvalue weighted by Gasteiger charge is 2.31. The summed E-state index contributed by atoms with van der Waals surface area (Å²) in [7, 11) is 3.15. The van der Waals surface area contributed by atoms with E-state index in [-0.39, 0.29) is 6.61 Å². The molecule has 2 N–H and O–H groups in total. The van der Waals surface area contributed by atoms with Crippen LogP contribution in [-0.2, 0) is 14.3 Å². The highest BCUT2D eigenvalue weighted by atomic mass is 79.9. The van der Waals surface area contributed by atoms with E-state index in [2.05, 4.69) is 26.6 Å². The molecule has 6 nitrogen and oxygen atoms in total. The third kappa shape index (κ3) is 4.25. The maximum absolute atomic E-state index is 12.5. The van der Waals surface area contributed by atoms with E-state index < -0.39 is 12.0 Å². The van der Waals surface area contributed by atoms with Gasteiger partial charge in [0.25, 0.3) is 0 Å². The molecule has 0 aliphatic carbocycles. The molecule has 0 saturated heterocycles. The lowest BCUT2D eigenvalue weighted by atomic mass is 9.95. The second kappa shape index (κ2) is 8.46. The summed E-state index contributed by atoms with van der Waals surface area (Å²) < 4.78 is 16.2. The quantitative estimate of drug-likeness (QED) is 0.420. The highest BCUT2D eigenvalue weighted by molar-refractivity contribution is 9.10. The molecule has 0 saturated carbocycles. The molecule has 8 heteroatoms. The number of ether oxygens (including phenoxy) is 3. The highest BCUT2D eigenvalue weighted by Crippen LogP contribution is 2.33. The monoisotopic (exact) mass is 414 g/mol. The molecule has 2 rings (SSSR count). The van der Waals surface area contributed by atoms with Gasteiger partial charge in [0.2, 0.25) is 0 Å². The van der Waals surface area contributed by atoms with Gasteiger partial charge in [-0.15, -0.1) is 0 Å². The van der Waals surface area contributed by atoms with Gasteiger partial charge >= 0.3 is 5.97 Å². The molecule has 0 radical (unpaired) electrons. The van der Waals surface area contributed by atoms with Crippen LogP contribution in [0.1, 0.15) is 18.5 Å². The van der Waals surface area contributed by atoms with E-state index in [1.807, 2.05) is 18.2 Å². The third-order valence-corrected chi connectivity index (χ3v) is 4.36. The van der Waals surface area contributed by atoms with Gasteiger partial charge in [-0.25, -0.2) is 4.79 Å². The van der Waals surface area contributed by atoms with Crippen LogP contribution in [0.4, 0.5) is 0 Å². The molecule has 130 valence electrons. The van der Waals surface area contributed by atoms with Gasteiger partial charge in [0.1, 0.15) is 12.4 Å². The normalized spacial score (nSPS) is 17.2. The fraction of sp³-hybridized carbons (Fsp3) is 0.375. The van der Waals surface area contributed by atoms with Crippen LogP contribution in [0.5, 0.6) is 5.75 Å². The van der Waals surface area contributed by atoms with Crippen molar-refractivity contribution >= 4 is 39.2 Å². The van der Waals surface area contributed by atoms with Crippen molar-refractivity contribution in [3.8, 4) is 5.75 Å². The molecule has 0 bridgehead atoms. The maximum Gasteiger partial charge on any atom is 0.338 e. The number of hydrogen-bond donors (Lipinski definition) is 2. The molecule has 1 heterocycles.